The average Bonchev–Trinajstić information content (AvgIpc) is 2.78. The van der Waals surface area contributed by atoms with E-state index in [4.69, 9.17) is 10.3 Å². The van der Waals surface area contributed by atoms with Crippen molar-refractivity contribution < 1.29 is 4.52 Å². The van der Waals surface area contributed by atoms with Gasteiger partial charge in [0.2, 0.25) is 11.7 Å². The quantitative estimate of drug-likeness (QED) is 0.830. The van der Waals surface area contributed by atoms with E-state index in [2.05, 4.69) is 10.1 Å². The van der Waals surface area contributed by atoms with Gasteiger partial charge in [0.1, 0.15) is 0 Å². The van der Waals surface area contributed by atoms with Crippen molar-refractivity contribution >= 4 is 0 Å². The summed E-state index contributed by atoms with van der Waals surface area (Å²) in [6, 6.07) is 9.52. The van der Waals surface area contributed by atoms with Gasteiger partial charge in [-0.1, -0.05) is 42.4 Å². The smallest absolute Gasteiger partial charge is 0.243 e. The van der Waals surface area contributed by atoms with Gasteiger partial charge in [-0.05, 0) is 6.42 Å². The zero-order valence-corrected chi connectivity index (χ0v) is 8.55. The molecule has 0 unspecified atom stereocenters. The molecule has 15 heavy (non-hydrogen) atoms. The van der Waals surface area contributed by atoms with Crippen LogP contribution in [0, 0.1) is 0 Å². The summed E-state index contributed by atoms with van der Waals surface area (Å²) in [4.78, 5) is 4.25. The fourth-order valence-corrected chi connectivity index (χ4v) is 1.26. The zero-order valence-electron chi connectivity index (χ0n) is 8.55. The summed E-state index contributed by atoms with van der Waals surface area (Å²) < 4.78 is 5.09. The molecular weight excluding hydrogens is 190 g/mol. The van der Waals surface area contributed by atoms with Crippen LogP contribution < -0.4 is 5.73 Å². The number of rotatable bonds is 3. The summed E-state index contributed by atoms with van der Waals surface area (Å²) in [5, 5.41) is 3.89. The van der Waals surface area contributed by atoms with Gasteiger partial charge in [-0.15, -0.1) is 0 Å². The topological polar surface area (TPSA) is 64.9 Å². The van der Waals surface area contributed by atoms with Crippen molar-refractivity contribution in [3.8, 4) is 11.4 Å². The Morgan fingerprint density at radius 3 is 2.73 bits per heavy atom. The second-order valence-corrected chi connectivity index (χ2v) is 3.34. The summed E-state index contributed by atoms with van der Waals surface area (Å²) in [6.45, 7) is 1.98. The third-order valence-corrected chi connectivity index (χ3v) is 2.23. The first-order valence-electron chi connectivity index (χ1n) is 4.96. The molecule has 0 bridgehead atoms. The van der Waals surface area contributed by atoms with Crippen LogP contribution in [-0.4, -0.2) is 10.1 Å². The van der Waals surface area contributed by atoms with Crippen molar-refractivity contribution in [3.05, 3.63) is 36.2 Å². The molecule has 0 saturated carbocycles. The van der Waals surface area contributed by atoms with Crippen molar-refractivity contribution in [3.63, 3.8) is 0 Å². The Balaban J connectivity index is 2.28. The molecule has 1 aromatic carbocycles. The highest BCUT2D eigenvalue weighted by Crippen LogP contribution is 2.18. The standard InChI is InChI=1S/C11H13N3O/c1-2-9(12)11-13-10(14-15-11)8-6-4-3-5-7-8/h3-7,9H,2,12H2,1H3/t9-/m1/s1. The highest BCUT2D eigenvalue weighted by Gasteiger charge is 2.13. The van der Waals surface area contributed by atoms with Crippen LogP contribution in [0.4, 0.5) is 0 Å². The SMILES string of the molecule is CC[C@@H](N)c1nc(-c2ccccc2)no1. The maximum absolute atomic E-state index is 5.79. The van der Waals surface area contributed by atoms with Gasteiger partial charge in [0.25, 0.3) is 0 Å². The molecule has 1 heterocycles. The predicted molar refractivity (Wildman–Crippen MR) is 57.0 cm³/mol. The first kappa shape index (κ1) is 9.86. The van der Waals surface area contributed by atoms with E-state index in [0.29, 0.717) is 11.7 Å². The minimum absolute atomic E-state index is 0.171. The molecule has 0 saturated heterocycles. The first-order chi connectivity index (χ1) is 7.31. The zero-order chi connectivity index (χ0) is 10.7. The summed E-state index contributed by atoms with van der Waals surface area (Å²) in [6.07, 6.45) is 0.788. The summed E-state index contributed by atoms with van der Waals surface area (Å²) in [7, 11) is 0. The van der Waals surface area contributed by atoms with Crippen LogP contribution in [0.15, 0.2) is 34.9 Å². The fraction of sp³-hybridized carbons (Fsp3) is 0.273. The lowest BCUT2D eigenvalue weighted by atomic mass is 10.2. The van der Waals surface area contributed by atoms with Crippen molar-refractivity contribution in [2.24, 2.45) is 5.73 Å². The van der Waals surface area contributed by atoms with Gasteiger partial charge in [-0.25, -0.2) is 0 Å². The normalized spacial score (nSPS) is 12.7. The monoisotopic (exact) mass is 203 g/mol. The maximum atomic E-state index is 5.79. The Morgan fingerprint density at radius 2 is 2.07 bits per heavy atom. The van der Waals surface area contributed by atoms with E-state index in [1.165, 1.54) is 0 Å². The van der Waals surface area contributed by atoms with Gasteiger partial charge in [0, 0.05) is 5.56 Å². The van der Waals surface area contributed by atoms with Crippen molar-refractivity contribution in [2.75, 3.05) is 0 Å². The third kappa shape index (κ3) is 2.05. The van der Waals surface area contributed by atoms with Crippen LogP contribution in [0.5, 0.6) is 0 Å². The van der Waals surface area contributed by atoms with Crippen LogP contribution >= 0.6 is 0 Å². The second-order valence-electron chi connectivity index (χ2n) is 3.34. The van der Waals surface area contributed by atoms with Gasteiger partial charge in [0.15, 0.2) is 0 Å². The van der Waals surface area contributed by atoms with Crippen LogP contribution in [0.25, 0.3) is 11.4 Å². The van der Waals surface area contributed by atoms with Crippen molar-refractivity contribution in [2.45, 2.75) is 19.4 Å². The molecule has 4 heteroatoms. The van der Waals surface area contributed by atoms with Crippen LogP contribution in [0.1, 0.15) is 25.3 Å². The van der Waals surface area contributed by atoms with E-state index >= 15 is 0 Å². The van der Waals surface area contributed by atoms with E-state index < -0.39 is 0 Å². The van der Waals surface area contributed by atoms with E-state index in [1.54, 1.807) is 0 Å². The molecule has 0 radical (unpaired) electrons. The molecule has 0 fully saturated rings. The number of benzene rings is 1. The molecule has 78 valence electrons. The number of nitrogens with zero attached hydrogens (tertiary/aromatic N) is 2. The molecule has 1 aromatic heterocycles. The minimum atomic E-state index is -0.171. The van der Waals surface area contributed by atoms with Crippen molar-refractivity contribution in [1.82, 2.24) is 10.1 Å². The lowest BCUT2D eigenvalue weighted by molar-refractivity contribution is 0.352. The molecule has 4 nitrogen and oxygen atoms in total. The average molecular weight is 203 g/mol. The molecule has 0 aliphatic heterocycles. The van der Waals surface area contributed by atoms with Gasteiger partial charge in [-0.2, -0.15) is 4.98 Å². The molecule has 0 amide bonds. The molecule has 0 aliphatic rings. The minimum Gasteiger partial charge on any atom is -0.337 e. The summed E-state index contributed by atoms with van der Waals surface area (Å²) >= 11 is 0. The van der Waals surface area contributed by atoms with Gasteiger partial charge < -0.3 is 10.3 Å². The molecule has 0 spiro atoms. The van der Waals surface area contributed by atoms with E-state index in [-0.39, 0.29) is 6.04 Å². The van der Waals surface area contributed by atoms with Crippen LogP contribution in [-0.2, 0) is 0 Å². The Morgan fingerprint density at radius 1 is 1.33 bits per heavy atom. The molecular formula is C11H13N3O. The maximum Gasteiger partial charge on any atom is 0.243 e. The number of hydrogen-bond acceptors (Lipinski definition) is 4. The van der Waals surface area contributed by atoms with E-state index in [1.807, 2.05) is 37.3 Å². The Bertz CT molecular complexity index is 424. The summed E-state index contributed by atoms with van der Waals surface area (Å²) in [5.74, 6) is 1.09. The lowest BCUT2D eigenvalue weighted by Gasteiger charge is -1.99. The third-order valence-electron chi connectivity index (χ3n) is 2.23. The number of aromatic nitrogens is 2. The molecule has 1 atom stereocenters. The molecule has 0 aliphatic carbocycles. The highest BCUT2D eigenvalue weighted by atomic mass is 16.5. The molecule has 2 N–H and O–H groups in total. The Labute approximate surface area is 88.1 Å². The van der Waals surface area contributed by atoms with Crippen LogP contribution in [0.2, 0.25) is 0 Å². The molecule has 2 rings (SSSR count). The number of nitrogens with two attached hydrogens (primary N) is 1. The van der Waals surface area contributed by atoms with Gasteiger partial charge in [-0.3, -0.25) is 0 Å². The summed E-state index contributed by atoms with van der Waals surface area (Å²) in [5.41, 5.74) is 6.73. The lowest BCUT2D eigenvalue weighted by Crippen LogP contribution is -2.08. The molecule has 2 aromatic rings. The largest absolute Gasteiger partial charge is 0.337 e. The van der Waals surface area contributed by atoms with Crippen molar-refractivity contribution in [1.29, 1.82) is 0 Å². The highest BCUT2D eigenvalue weighted by molar-refractivity contribution is 5.53. The second kappa shape index (κ2) is 4.23. The van der Waals surface area contributed by atoms with Gasteiger partial charge >= 0.3 is 0 Å². The fourth-order valence-electron chi connectivity index (χ4n) is 1.26. The Kier molecular flexibility index (Phi) is 2.78. The van der Waals surface area contributed by atoms with E-state index in [9.17, 15) is 0 Å². The Hall–Kier alpha value is -1.68. The van der Waals surface area contributed by atoms with Crippen LogP contribution in [0.3, 0.4) is 0 Å². The number of hydrogen-bond donors (Lipinski definition) is 1. The van der Waals surface area contributed by atoms with E-state index in [0.717, 1.165) is 12.0 Å². The predicted octanol–water partition coefficient (Wildman–Crippen LogP) is 2.15. The first-order valence-corrected chi connectivity index (χ1v) is 4.96. The van der Waals surface area contributed by atoms with Gasteiger partial charge in [0.05, 0.1) is 6.04 Å².